The zero-order chi connectivity index (χ0) is 11.6. The summed E-state index contributed by atoms with van der Waals surface area (Å²) in [7, 11) is 0. The molecule has 0 fully saturated rings. The number of rotatable bonds is 1. The van der Waals surface area contributed by atoms with Gasteiger partial charge in [-0.05, 0) is 23.8 Å². The van der Waals surface area contributed by atoms with Gasteiger partial charge in [0.05, 0.1) is 6.61 Å². The van der Waals surface area contributed by atoms with Crippen LogP contribution in [-0.2, 0) is 6.61 Å². The van der Waals surface area contributed by atoms with Crippen LogP contribution in [0, 0.1) is 12.3 Å². The zero-order valence-electron chi connectivity index (χ0n) is 8.88. The van der Waals surface area contributed by atoms with E-state index in [1.165, 1.54) is 0 Å². The molecule has 0 bridgehead atoms. The first kappa shape index (κ1) is 12.0. The molecule has 1 N–H and O–H groups in total. The van der Waals surface area contributed by atoms with Crippen molar-refractivity contribution >= 4 is 0 Å². The third kappa shape index (κ3) is 3.95. The van der Waals surface area contributed by atoms with Gasteiger partial charge in [-0.1, -0.05) is 30.2 Å². The number of hydrogen-bond donors (Lipinski definition) is 1. The van der Waals surface area contributed by atoms with Crippen LogP contribution in [0.5, 0.6) is 0 Å². The molecule has 0 aliphatic rings. The van der Waals surface area contributed by atoms with Crippen LogP contribution in [0.2, 0.25) is 0 Å². The average Bonchev–Trinajstić information content (AvgIpc) is 2.41. The van der Waals surface area contributed by atoms with Crippen molar-refractivity contribution in [1.82, 2.24) is 4.98 Å². The van der Waals surface area contributed by atoms with E-state index >= 15 is 0 Å². The topological polar surface area (TPSA) is 33.1 Å². The van der Waals surface area contributed by atoms with Gasteiger partial charge in [-0.2, -0.15) is 0 Å². The Bertz CT molecular complexity index is 419. The third-order valence-electron chi connectivity index (χ3n) is 1.91. The fraction of sp³-hybridized carbons (Fsp3) is 0.0714. The number of nitrogens with zero attached hydrogens (tertiary/aromatic N) is 1. The van der Waals surface area contributed by atoms with E-state index in [0.717, 1.165) is 11.1 Å². The van der Waals surface area contributed by atoms with E-state index in [1.54, 1.807) is 12.4 Å². The molecule has 0 aliphatic carbocycles. The second-order valence-corrected chi connectivity index (χ2v) is 2.98. The summed E-state index contributed by atoms with van der Waals surface area (Å²) < 4.78 is 0. The predicted octanol–water partition coefficient (Wildman–Crippen LogP) is 2.24. The molecule has 0 amide bonds. The molecule has 0 radical (unpaired) electrons. The Morgan fingerprint density at radius 3 is 2.12 bits per heavy atom. The lowest BCUT2D eigenvalue weighted by Crippen LogP contribution is -1.86. The molecule has 1 aromatic heterocycles. The molecule has 2 aromatic rings. The van der Waals surface area contributed by atoms with Crippen LogP contribution in [0.1, 0.15) is 11.1 Å². The van der Waals surface area contributed by atoms with Gasteiger partial charge in [0.1, 0.15) is 0 Å². The minimum atomic E-state index is 0.0143. The number of aromatic nitrogens is 1. The predicted molar refractivity (Wildman–Crippen MR) is 64.5 cm³/mol. The molecule has 2 heteroatoms. The molecule has 2 nitrogen and oxygen atoms in total. The molecule has 0 unspecified atom stereocenters. The number of aliphatic hydroxyl groups is 1. The summed E-state index contributed by atoms with van der Waals surface area (Å²) in [5.74, 6) is 2.49. The number of pyridine rings is 1. The van der Waals surface area contributed by atoms with Crippen LogP contribution >= 0.6 is 0 Å². The van der Waals surface area contributed by atoms with Gasteiger partial charge < -0.3 is 5.11 Å². The maximum atomic E-state index is 8.75. The van der Waals surface area contributed by atoms with Crippen molar-refractivity contribution in [3.8, 4) is 12.3 Å². The lowest BCUT2D eigenvalue weighted by molar-refractivity contribution is 0.281. The molecule has 0 saturated carbocycles. The van der Waals surface area contributed by atoms with E-state index in [0.29, 0.717) is 0 Å². The third-order valence-corrected chi connectivity index (χ3v) is 1.91. The summed E-state index contributed by atoms with van der Waals surface area (Å²) in [5, 5.41) is 8.75. The van der Waals surface area contributed by atoms with Crippen molar-refractivity contribution in [2.24, 2.45) is 0 Å². The fourth-order valence-electron chi connectivity index (χ4n) is 1.11. The van der Waals surface area contributed by atoms with Crippen LogP contribution in [-0.4, -0.2) is 10.1 Å². The van der Waals surface area contributed by atoms with Gasteiger partial charge >= 0.3 is 0 Å². The molecule has 1 heterocycles. The quantitative estimate of drug-likeness (QED) is 0.734. The standard InChI is InChI=1S/C9H8O.C5H5N/c1-2-8-5-3-4-6-9(8)7-10;1-2-4-6-5-3-1/h1,3-6,10H,7H2;1-5H. The number of hydrogen-bond acceptors (Lipinski definition) is 2. The Balaban J connectivity index is 0.000000181. The van der Waals surface area contributed by atoms with Crippen molar-refractivity contribution in [2.45, 2.75) is 6.61 Å². The average molecular weight is 211 g/mol. The molecule has 80 valence electrons. The summed E-state index contributed by atoms with van der Waals surface area (Å²) >= 11 is 0. The molecule has 0 aliphatic heterocycles. The Morgan fingerprint density at radius 2 is 1.75 bits per heavy atom. The lowest BCUT2D eigenvalue weighted by atomic mass is 10.1. The number of terminal acetylenes is 1. The van der Waals surface area contributed by atoms with Crippen molar-refractivity contribution in [3.05, 3.63) is 66.0 Å². The lowest BCUT2D eigenvalue weighted by Gasteiger charge is -1.97. The van der Waals surface area contributed by atoms with E-state index in [9.17, 15) is 0 Å². The van der Waals surface area contributed by atoms with Crippen LogP contribution in [0.4, 0.5) is 0 Å². The van der Waals surface area contributed by atoms with Crippen molar-refractivity contribution < 1.29 is 5.11 Å². The highest BCUT2D eigenvalue weighted by molar-refractivity contribution is 5.39. The van der Waals surface area contributed by atoms with Crippen LogP contribution < -0.4 is 0 Å². The molecule has 16 heavy (non-hydrogen) atoms. The Labute approximate surface area is 95.6 Å². The first-order valence-electron chi connectivity index (χ1n) is 4.89. The van der Waals surface area contributed by atoms with Gasteiger partial charge in [0, 0.05) is 18.0 Å². The zero-order valence-corrected chi connectivity index (χ0v) is 8.88. The van der Waals surface area contributed by atoms with Crippen molar-refractivity contribution in [2.75, 3.05) is 0 Å². The van der Waals surface area contributed by atoms with E-state index in [4.69, 9.17) is 11.5 Å². The molecule has 0 atom stereocenters. The summed E-state index contributed by atoms with van der Waals surface area (Å²) in [6.07, 6.45) is 8.67. The second kappa shape index (κ2) is 7.22. The summed E-state index contributed by atoms with van der Waals surface area (Å²) in [6, 6.07) is 13.1. The van der Waals surface area contributed by atoms with Crippen LogP contribution in [0.3, 0.4) is 0 Å². The fourth-order valence-corrected chi connectivity index (χ4v) is 1.11. The molecular weight excluding hydrogens is 198 g/mol. The van der Waals surface area contributed by atoms with Gasteiger partial charge in [-0.15, -0.1) is 6.42 Å². The number of aliphatic hydroxyl groups excluding tert-OH is 1. The first-order chi connectivity index (χ1) is 7.88. The van der Waals surface area contributed by atoms with E-state index in [2.05, 4.69) is 10.9 Å². The van der Waals surface area contributed by atoms with Gasteiger partial charge in [0.25, 0.3) is 0 Å². The molecule has 0 spiro atoms. The maximum Gasteiger partial charge on any atom is 0.0694 e. The van der Waals surface area contributed by atoms with Gasteiger partial charge in [-0.3, -0.25) is 4.98 Å². The van der Waals surface area contributed by atoms with Crippen LogP contribution in [0.15, 0.2) is 54.9 Å². The minimum Gasteiger partial charge on any atom is -0.392 e. The SMILES string of the molecule is C#Cc1ccccc1CO.c1ccncc1. The minimum absolute atomic E-state index is 0.0143. The first-order valence-corrected chi connectivity index (χ1v) is 4.89. The molecule has 1 aromatic carbocycles. The van der Waals surface area contributed by atoms with Gasteiger partial charge in [0.2, 0.25) is 0 Å². The highest BCUT2D eigenvalue weighted by Gasteiger charge is 1.93. The van der Waals surface area contributed by atoms with E-state index in [-0.39, 0.29) is 6.61 Å². The highest BCUT2D eigenvalue weighted by atomic mass is 16.3. The van der Waals surface area contributed by atoms with Gasteiger partial charge in [-0.25, -0.2) is 0 Å². The Hall–Kier alpha value is -2.11. The maximum absolute atomic E-state index is 8.75. The van der Waals surface area contributed by atoms with E-state index in [1.807, 2.05) is 42.5 Å². The summed E-state index contributed by atoms with van der Waals surface area (Å²) in [6.45, 7) is 0.0143. The Morgan fingerprint density at radius 1 is 1.06 bits per heavy atom. The monoisotopic (exact) mass is 211 g/mol. The van der Waals surface area contributed by atoms with E-state index < -0.39 is 0 Å². The van der Waals surface area contributed by atoms with Crippen LogP contribution in [0.25, 0.3) is 0 Å². The Kier molecular flexibility index (Phi) is 5.40. The number of benzene rings is 1. The largest absolute Gasteiger partial charge is 0.392 e. The smallest absolute Gasteiger partial charge is 0.0694 e. The molecular formula is C14H13NO. The highest BCUT2D eigenvalue weighted by Crippen LogP contribution is 2.05. The molecule has 0 saturated heterocycles. The summed E-state index contributed by atoms with van der Waals surface area (Å²) in [4.78, 5) is 3.78. The molecule has 2 rings (SSSR count). The second-order valence-electron chi connectivity index (χ2n) is 2.98. The normalized spacial score (nSPS) is 8.50. The van der Waals surface area contributed by atoms with Crippen molar-refractivity contribution in [3.63, 3.8) is 0 Å². The van der Waals surface area contributed by atoms with Gasteiger partial charge in [0.15, 0.2) is 0 Å². The summed E-state index contributed by atoms with van der Waals surface area (Å²) in [5.41, 5.74) is 1.58. The van der Waals surface area contributed by atoms with Crippen molar-refractivity contribution in [1.29, 1.82) is 0 Å².